The van der Waals surface area contributed by atoms with Crippen LogP contribution < -0.4 is 4.74 Å². The van der Waals surface area contributed by atoms with Crippen LogP contribution in [0.25, 0.3) is 0 Å². The molecule has 1 aromatic heterocycles. The van der Waals surface area contributed by atoms with Gasteiger partial charge in [0.25, 0.3) is 5.91 Å². The number of aromatic nitrogens is 3. The molecule has 0 radical (unpaired) electrons. The summed E-state index contributed by atoms with van der Waals surface area (Å²) in [6, 6.07) is 8.42. The second kappa shape index (κ2) is 8.73. The molecule has 1 unspecified atom stereocenters. The molecular weight excluding hydrogens is 354 g/mol. The number of nitrogens with zero attached hydrogens (tertiary/aromatic N) is 5. The van der Waals surface area contributed by atoms with Gasteiger partial charge < -0.3 is 9.64 Å². The van der Waals surface area contributed by atoms with E-state index in [9.17, 15) is 4.79 Å². The van der Waals surface area contributed by atoms with Crippen molar-refractivity contribution in [1.82, 2.24) is 24.8 Å². The zero-order valence-corrected chi connectivity index (χ0v) is 16.6. The molecule has 2 aliphatic heterocycles. The first-order valence-electron chi connectivity index (χ1n) is 10.3. The fourth-order valence-corrected chi connectivity index (χ4v) is 4.28. The summed E-state index contributed by atoms with van der Waals surface area (Å²) in [7, 11) is 1.72. The van der Waals surface area contributed by atoms with Gasteiger partial charge in [0.15, 0.2) is 5.69 Å². The van der Waals surface area contributed by atoms with Crippen molar-refractivity contribution in [2.45, 2.75) is 44.7 Å². The molecule has 1 atom stereocenters. The monoisotopic (exact) mass is 383 g/mol. The molecule has 0 bridgehead atoms. The summed E-state index contributed by atoms with van der Waals surface area (Å²) in [4.78, 5) is 17.0. The minimum atomic E-state index is 0.0210. The van der Waals surface area contributed by atoms with Gasteiger partial charge in [-0.2, -0.15) is 0 Å². The number of para-hydroxylation sites is 1. The number of piperidine rings is 2. The number of carbonyl (C=O) groups is 1. The minimum absolute atomic E-state index is 0.0210. The minimum Gasteiger partial charge on any atom is -0.496 e. The highest BCUT2D eigenvalue weighted by Crippen LogP contribution is 2.25. The third-order valence-corrected chi connectivity index (χ3v) is 5.81. The molecule has 28 heavy (non-hydrogen) atoms. The van der Waals surface area contributed by atoms with Crippen molar-refractivity contribution in [2.24, 2.45) is 0 Å². The van der Waals surface area contributed by atoms with E-state index in [-0.39, 0.29) is 11.9 Å². The lowest BCUT2D eigenvalue weighted by atomic mass is 10.0. The lowest BCUT2D eigenvalue weighted by Crippen LogP contribution is -2.36. The average Bonchev–Trinajstić information content (AvgIpc) is 3.25. The molecule has 0 N–H and O–H groups in total. The van der Waals surface area contributed by atoms with E-state index >= 15 is 0 Å². The van der Waals surface area contributed by atoms with Crippen molar-refractivity contribution >= 4 is 5.91 Å². The SMILES string of the molecule is COc1ccccc1CN1CCCC(n2cc(C(=O)N3CCCCC3)nn2)C1. The van der Waals surface area contributed by atoms with Crippen molar-refractivity contribution in [3.8, 4) is 5.75 Å². The molecule has 4 rings (SSSR count). The Balaban J connectivity index is 1.41. The molecule has 7 nitrogen and oxygen atoms in total. The number of ether oxygens (including phenoxy) is 1. The van der Waals surface area contributed by atoms with Gasteiger partial charge in [0.1, 0.15) is 5.75 Å². The van der Waals surface area contributed by atoms with E-state index in [4.69, 9.17) is 4.74 Å². The number of hydrogen-bond acceptors (Lipinski definition) is 5. The highest BCUT2D eigenvalue weighted by molar-refractivity contribution is 5.91. The second-order valence-corrected chi connectivity index (χ2v) is 7.78. The van der Waals surface area contributed by atoms with Gasteiger partial charge in [0.2, 0.25) is 0 Å². The van der Waals surface area contributed by atoms with E-state index in [0.717, 1.165) is 64.2 Å². The maximum Gasteiger partial charge on any atom is 0.276 e. The number of hydrogen-bond donors (Lipinski definition) is 0. The molecule has 1 amide bonds. The maximum absolute atomic E-state index is 12.7. The summed E-state index contributed by atoms with van der Waals surface area (Å²) in [6.45, 7) is 4.49. The molecule has 0 saturated carbocycles. The van der Waals surface area contributed by atoms with Gasteiger partial charge in [-0.1, -0.05) is 23.4 Å². The van der Waals surface area contributed by atoms with E-state index in [2.05, 4.69) is 27.3 Å². The van der Waals surface area contributed by atoms with Crippen LogP contribution in [-0.2, 0) is 6.54 Å². The molecule has 150 valence electrons. The quantitative estimate of drug-likeness (QED) is 0.794. The van der Waals surface area contributed by atoms with Gasteiger partial charge in [-0.05, 0) is 44.7 Å². The van der Waals surface area contributed by atoms with E-state index in [1.54, 1.807) is 7.11 Å². The zero-order valence-electron chi connectivity index (χ0n) is 16.6. The average molecular weight is 383 g/mol. The van der Waals surface area contributed by atoms with Gasteiger partial charge in [0.05, 0.1) is 19.3 Å². The smallest absolute Gasteiger partial charge is 0.276 e. The first-order valence-corrected chi connectivity index (χ1v) is 10.3. The molecular formula is C21H29N5O2. The fourth-order valence-electron chi connectivity index (χ4n) is 4.28. The lowest BCUT2D eigenvalue weighted by molar-refractivity contribution is 0.0718. The Kier molecular flexibility index (Phi) is 5.90. The third-order valence-electron chi connectivity index (χ3n) is 5.81. The summed E-state index contributed by atoms with van der Waals surface area (Å²) < 4.78 is 7.38. The van der Waals surface area contributed by atoms with Crippen molar-refractivity contribution < 1.29 is 9.53 Å². The third kappa shape index (κ3) is 4.19. The summed E-state index contributed by atoms with van der Waals surface area (Å²) in [5.74, 6) is 0.951. The molecule has 0 aliphatic carbocycles. The maximum atomic E-state index is 12.7. The predicted octanol–water partition coefficient (Wildman–Crippen LogP) is 2.75. The number of benzene rings is 1. The Labute approximate surface area is 166 Å². The number of methoxy groups -OCH3 is 1. The molecule has 1 aromatic carbocycles. The molecule has 0 spiro atoms. The summed E-state index contributed by atoms with van der Waals surface area (Å²) in [6.07, 6.45) is 7.38. The van der Waals surface area contributed by atoms with Gasteiger partial charge in [-0.3, -0.25) is 9.69 Å². The Morgan fingerprint density at radius 3 is 2.79 bits per heavy atom. The molecule has 3 heterocycles. The van der Waals surface area contributed by atoms with Gasteiger partial charge >= 0.3 is 0 Å². The van der Waals surface area contributed by atoms with E-state index in [0.29, 0.717) is 5.69 Å². The van der Waals surface area contributed by atoms with Crippen LogP contribution in [0.2, 0.25) is 0 Å². The van der Waals surface area contributed by atoms with Crippen LogP contribution >= 0.6 is 0 Å². The first-order chi connectivity index (χ1) is 13.7. The molecule has 2 fully saturated rings. The predicted molar refractivity (Wildman–Crippen MR) is 106 cm³/mol. The highest BCUT2D eigenvalue weighted by Gasteiger charge is 2.26. The fraction of sp³-hybridized carbons (Fsp3) is 0.571. The van der Waals surface area contributed by atoms with E-state index in [1.165, 1.54) is 12.0 Å². The Morgan fingerprint density at radius 2 is 1.96 bits per heavy atom. The van der Waals surface area contributed by atoms with Crippen LogP contribution in [0.15, 0.2) is 30.5 Å². The molecule has 2 aromatic rings. The van der Waals surface area contributed by atoms with E-state index < -0.39 is 0 Å². The van der Waals surface area contributed by atoms with Crippen molar-refractivity contribution in [3.05, 3.63) is 41.7 Å². The zero-order chi connectivity index (χ0) is 19.3. The van der Waals surface area contributed by atoms with Crippen molar-refractivity contribution in [1.29, 1.82) is 0 Å². The topological polar surface area (TPSA) is 63.5 Å². The normalized spacial score (nSPS) is 20.9. The standard InChI is InChI=1S/C21H29N5O2/c1-28-20-10-4-3-8-17(20)14-24-11-7-9-18(15-24)26-16-19(22-23-26)21(27)25-12-5-2-6-13-25/h3-4,8,10,16,18H,2,5-7,9,11-15H2,1H3. The lowest BCUT2D eigenvalue weighted by Gasteiger charge is -2.32. The summed E-state index contributed by atoms with van der Waals surface area (Å²) in [5.41, 5.74) is 1.67. The van der Waals surface area contributed by atoms with Crippen LogP contribution in [-0.4, -0.2) is 64.0 Å². The van der Waals surface area contributed by atoms with Crippen LogP contribution in [0.4, 0.5) is 0 Å². The number of amides is 1. The number of carbonyl (C=O) groups excluding carboxylic acids is 1. The molecule has 7 heteroatoms. The Bertz CT molecular complexity index is 800. The van der Waals surface area contributed by atoms with Gasteiger partial charge in [-0.25, -0.2) is 4.68 Å². The van der Waals surface area contributed by atoms with Gasteiger partial charge in [0, 0.05) is 31.7 Å². The largest absolute Gasteiger partial charge is 0.496 e. The van der Waals surface area contributed by atoms with Crippen molar-refractivity contribution in [2.75, 3.05) is 33.3 Å². The first kappa shape index (κ1) is 18.9. The van der Waals surface area contributed by atoms with E-state index in [1.807, 2.05) is 27.9 Å². The van der Waals surface area contributed by atoms with Crippen LogP contribution in [0.5, 0.6) is 5.75 Å². The van der Waals surface area contributed by atoms with Crippen LogP contribution in [0.1, 0.15) is 54.2 Å². The summed E-state index contributed by atoms with van der Waals surface area (Å²) in [5, 5.41) is 8.48. The number of likely N-dealkylation sites (tertiary alicyclic amines) is 2. The highest BCUT2D eigenvalue weighted by atomic mass is 16.5. The Morgan fingerprint density at radius 1 is 1.14 bits per heavy atom. The second-order valence-electron chi connectivity index (χ2n) is 7.78. The van der Waals surface area contributed by atoms with Crippen molar-refractivity contribution in [3.63, 3.8) is 0 Å². The number of rotatable bonds is 5. The van der Waals surface area contributed by atoms with Crippen LogP contribution in [0, 0.1) is 0 Å². The molecule has 2 saturated heterocycles. The van der Waals surface area contributed by atoms with Crippen LogP contribution in [0.3, 0.4) is 0 Å². The van der Waals surface area contributed by atoms with Gasteiger partial charge in [-0.15, -0.1) is 5.10 Å². The summed E-state index contributed by atoms with van der Waals surface area (Å²) >= 11 is 0. The molecule has 2 aliphatic rings. The Hall–Kier alpha value is -2.41.